The maximum Gasteiger partial charge on any atom is 0.136 e. The minimum absolute atomic E-state index is 0.108. The van der Waals surface area contributed by atoms with Crippen LogP contribution in [0.2, 0.25) is 0 Å². The molecule has 8 aromatic carbocycles. The van der Waals surface area contributed by atoms with E-state index in [0.29, 0.717) is 0 Å². The molecule has 0 N–H and O–H groups in total. The lowest BCUT2D eigenvalue weighted by Gasteiger charge is -2.22. The Morgan fingerprint density at radius 2 is 1.12 bits per heavy atom. The first-order valence-corrected chi connectivity index (χ1v) is 17.0. The van der Waals surface area contributed by atoms with Crippen molar-refractivity contribution in [1.29, 1.82) is 0 Å². The molecule has 0 bridgehead atoms. The molecule has 0 fully saturated rings. The molecule has 0 amide bonds. The molecular formula is C47H30O2. The van der Waals surface area contributed by atoms with Crippen molar-refractivity contribution < 1.29 is 9.15 Å². The molecule has 11 rings (SSSR count). The van der Waals surface area contributed by atoms with Gasteiger partial charge in [-0.15, -0.1) is 0 Å². The number of hydrogen-bond donors (Lipinski definition) is 0. The zero-order valence-corrected chi connectivity index (χ0v) is 27.2. The average molecular weight is 627 g/mol. The van der Waals surface area contributed by atoms with Crippen LogP contribution in [0.4, 0.5) is 0 Å². The summed E-state index contributed by atoms with van der Waals surface area (Å²) in [6.45, 7) is 4.72. The third-order valence-electron chi connectivity index (χ3n) is 11.1. The standard InChI is InChI=1S/C47H30O2/c1-47(2)39-21-17-28(29-18-23-42-37(24-29)36-12-5-8-27-9-6-15-43(48-42)45(27)36)25-38(39)46-35-13-7-11-31(32(35)20-22-40(46)47)30-16-19-34-33-10-3-4-14-41(33)49-44(34)26-30/h3-26H,1-2H3. The molecule has 49 heavy (non-hydrogen) atoms. The number of para-hydroxylation sites is 1. The van der Waals surface area contributed by atoms with Gasteiger partial charge in [-0.2, -0.15) is 0 Å². The average Bonchev–Trinajstić information content (AvgIpc) is 3.62. The summed E-state index contributed by atoms with van der Waals surface area (Å²) in [5.41, 5.74) is 14.3. The lowest BCUT2D eigenvalue weighted by atomic mass is 9.81. The molecule has 1 aliphatic heterocycles. The molecule has 9 aromatic rings. The molecular weight excluding hydrogens is 597 g/mol. The number of benzene rings is 8. The number of fused-ring (bicyclic) bond motifs is 10. The fraction of sp³-hybridized carbons (Fsp3) is 0.0638. The van der Waals surface area contributed by atoms with Gasteiger partial charge in [-0.25, -0.2) is 0 Å². The Morgan fingerprint density at radius 1 is 0.429 bits per heavy atom. The Balaban J connectivity index is 1.07. The molecule has 1 aliphatic carbocycles. The first-order valence-electron chi connectivity index (χ1n) is 17.0. The van der Waals surface area contributed by atoms with Crippen LogP contribution in [0, 0.1) is 0 Å². The summed E-state index contributed by atoms with van der Waals surface area (Å²) in [5.74, 6) is 1.83. The minimum atomic E-state index is -0.108. The van der Waals surface area contributed by atoms with Crippen LogP contribution in [-0.4, -0.2) is 0 Å². The zero-order valence-electron chi connectivity index (χ0n) is 27.2. The molecule has 0 spiro atoms. The van der Waals surface area contributed by atoms with Crippen molar-refractivity contribution in [3.8, 4) is 56.0 Å². The highest BCUT2D eigenvalue weighted by atomic mass is 16.5. The summed E-state index contributed by atoms with van der Waals surface area (Å²) in [5, 5.41) is 7.22. The van der Waals surface area contributed by atoms with E-state index >= 15 is 0 Å². The van der Waals surface area contributed by atoms with E-state index in [1.54, 1.807) is 0 Å². The van der Waals surface area contributed by atoms with Crippen molar-refractivity contribution in [2.75, 3.05) is 0 Å². The number of furan rings is 1. The van der Waals surface area contributed by atoms with Crippen LogP contribution in [0.1, 0.15) is 25.0 Å². The van der Waals surface area contributed by atoms with Gasteiger partial charge in [0, 0.05) is 27.1 Å². The Bertz CT molecular complexity index is 2880. The van der Waals surface area contributed by atoms with Gasteiger partial charge in [0.05, 0.1) is 0 Å². The van der Waals surface area contributed by atoms with Crippen molar-refractivity contribution in [2.45, 2.75) is 19.3 Å². The lowest BCUT2D eigenvalue weighted by Crippen LogP contribution is -2.14. The molecule has 0 saturated heterocycles. The van der Waals surface area contributed by atoms with Gasteiger partial charge in [0.2, 0.25) is 0 Å². The van der Waals surface area contributed by atoms with E-state index in [4.69, 9.17) is 9.15 Å². The first-order chi connectivity index (χ1) is 24.0. The van der Waals surface area contributed by atoms with E-state index in [0.717, 1.165) is 44.6 Å². The third kappa shape index (κ3) is 3.66. The summed E-state index contributed by atoms with van der Waals surface area (Å²) in [7, 11) is 0. The van der Waals surface area contributed by atoms with Crippen molar-refractivity contribution in [3.63, 3.8) is 0 Å². The van der Waals surface area contributed by atoms with Gasteiger partial charge in [-0.1, -0.05) is 117 Å². The van der Waals surface area contributed by atoms with Gasteiger partial charge in [0.25, 0.3) is 0 Å². The Kier molecular flexibility index (Phi) is 5.21. The van der Waals surface area contributed by atoms with Crippen LogP contribution < -0.4 is 4.74 Å². The molecule has 0 saturated carbocycles. The number of hydrogen-bond acceptors (Lipinski definition) is 2. The van der Waals surface area contributed by atoms with Gasteiger partial charge in [0.1, 0.15) is 22.7 Å². The number of ether oxygens (including phenoxy) is 1. The summed E-state index contributed by atoms with van der Waals surface area (Å²) in [6, 6.07) is 52.8. The first kappa shape index (κ1) is 26.9. The van der Waals surface area contributed by atoms with Gasteiger partial charge in [0.15, 0.2) is 0 Å². The van der Waals surface area contributed by atoms with E-state index in [9.17, 15) is 0 Å². The van der Waals surface area contributed by atoms with Crippen molar-refractivity contribution in [1.82, 2.24) is 0 Å². The molecule has 1 aromatic heterocycles. The Labute approximate surface area is 283 Å². The molecule has 0 unspecified atom stereocenters. The van der Waals surface area contributed by atoms with Crippen LogP contribution in [0.5, 0.6) is 11.5 Å². The second kappa shape index (κ2) is 9.49. The highest BCUT2D eigenvalue weighted by Gasteiger charge is 2.37. The fourth-order valence-corrected chi connectivity index (χ4v) is 8.68. The van der Waals surface area contributed by atoms with Crippen molar-refractivity contribution in [3.05, 3.63) is 157 Å². The molecule has 0 radical (unpaired) electrons. The van der Waals surface area contributed by atoms with E-state index in [1.165, 1.54) is 66.1 Å². The zero-order chi connectivity index (χ0) is 32.4. The second-order valence-corrected chi connectivity index (χ2v) is 14.1. The van der Waals surface area contributed by atoms with Gasteiger partial charge in [-0.3, -0.25) is 0 Å². The van der Waals surface area contributed by atoms with Crippen LogP contribution in [-0.2, 0) is 5.41 Å². The normalized spacial score (nSPS) is 13.8. The Hall–Kier alpha value is -6.12. The molecule has 2 heteroatoms. The van der Waals surface area contributed by atoms with E-state index < -0.39 is 0 Å². The summed E-state index contributed by atoms with van der Waals surface area (Å²) >= 11 is 0. The predicted molar refractivity (Wildman–Crippen MR) is 203 cm³/mol. The van der Waals surface area contributed by atoms with Gasteiger partial charge in [-0.05, 0) is 109 Å². The molecule has 2 aliphatic rings. The monoisotopic (exact) mass is 626 g/mol. The molecule has 2 heterocycles. The quantitative estimate of drug-likeness (QED) is 0.190. The number of rotatable bonds is 2. The van der Waals surface area contributed by atoms with Crippen LogP contribution in [0.25, 0.3) is 88.0 Å². The van der Waals surface area contributed by atoms with E-state index in [-0.39, 0.29) is 5.41 Å². The highest BCUT2D eigenvalue weighted by Crippen LogP contribution is 2.54. The lowest BCUT2D eigenvalue weighted by molar-refractivity contribution is 0.487. The van der Waals surface area contributed by atoms with E-state index in [2.05, 4.69) is 147 Å². The second-order valence-electron chi connectivity index (χ2n) is 14.1. The minimum Gasteiger partial charge on any atom is -0.456 e. The smallest absolute Gasteiger partial charge is 0.136 e. The molecule has 2 nitrogen and oxygen atoms in total. The van der Waals surface area contributed by atoms with Crippen molar-refractivity contribution in [2.24, 2.45) is 0 Å². The fourth-order valence-electron chi connectivity index (χ4n) is 8.68. The highest BCUT2D eigenvalue weighted by molar-refractivity contribution is 6.11. The van der Waals surface area contributed by atoms with Crippen molar-refractivity contribution >= 4 is 43.5 Å². The van der Waals surface area contributed by atoms with Crippen LogP contribution in [0.3, 0.4) is 0 Å². The Morgan fingerprint density at radius 3 is 2.04 bits per heavy atom. The largest absolute Gasteiger partial charge is 0.456 e. The van der Waals surface area contributed by atoms with Crippen LogP contribution in [0.15, 0.2) is 150 Å². The van der Waals surface area contributed by atoms with Gasteiger partial charge < -0.3 is 9.15 Å². The van der Waals surface area contributed by atoms with Crippen LogP contribution >= 0.6 is 0 Å². The van der Waals surface area contributed by atoms with E-state index in [1.807, 2.05) is 12.1 Å². The maximum atomic E-state index is 6.42. The maximum absolute atomic E-state index is 6.42. The summed E-state index contributed by atoms with van der Waals surface area (Å²) < 4.78 is 12.7. The summed E-state index contributed by atoms with van der Waals surface area (Å²) in [6.07, 6.45) is 0. The summed E-state index contributed by atoms with van der Waals surface area (Å²) in [4.78, 5) is 0. The third-order valence-corrected chi connectivity index (χ3v) is 11.1. The predicted octanol–water partition coefficient (Wildman–Crippen LogP) is 13.3. The van der Waals surface area contributed by atoms with Gasteiger partial charge >= 0.3 is 0 Å². The SMILES string of the molecule is CC1(C)c2ccc(-c3ccc4c(c3)-c3cccc5cccc(c35)O4)cc2-c2c1ccc1c(-c3ccc4c(c3)oc3ccccc34)cccc21. The molecule has 0 atom stereocenters. The molecule has 230 valence electrons. The topological polar surface area (TPSA) is 22.4 Å².